The molecule has 0 aliphatic carbocycles. The Labute approximate surface area is 204 Å². The molecule has 1 aromatic heterocycles. The van der Waals surface area contributed by atoms with Crippen molar-refractivity contribution in [3.05, 3.63) is 94.7 Å². The number of amides is 1. The molecule has 0 aliphatic rings. The van der Waals surface area contributed by atoms with E-state index in [-0.39, 0.29) is 28.3 Å². The van der Waals surface area contributed by atoms with Crippen LogP contribution in [0.3, 0.4) is 0 Å². The Balaban J connectivity index is 1.97. The maximum atomic E-state index is 14.0. The number of benzene rings is 3. The molecule has 0 unspecified atom stereocenters. The number of rotatable bonds is 6. The number of ether oxygens (including phenoxy) is 1. The molecule has 0 radical (unpaired) electrons. The number of furan rings is 1. The molecular formula is C27H25NO6S. The molecule has 8 heteroatoms. The van der Waals surface area contributed by atoms with Gasteiger partial charge in [-0.05, 0) is 75.2 Å². The first kappa shape index (κ1) is 24.2. The fourth-order valence-corrected chi connectivity index (χ4v) is 5.66. The number of hydrogen-bond acceptors (Lipinski definition) is 6. The van der Waals surface area contributed by atoms with Crippen LogP contribution in [0.2, 0.25) is 0 Å². The van der Waals surface area contributed by atoms with Gasteiger partial charge in [0.15, 0.2) is 0 Å². The summed E-state index contributed by atoms with van der Waals surface area (Å²) < 4.78 is 39.6. The van der Waals surface area contributed by atoms with E-state index in [0.717, 1.165) is 9.87 Å². The van der Waals surface area contributed by atoms with E-state index in [9.17, 15) is 18.0 Å². The lowest BCUT2D eigenvalue weighted by Gasteiger charge is -2.24. The summed E-state index contributed by atoms with van der Waals surface area (Å²) in [5, 5.41) is 0.362. The molecule has 0 aliphatic heterocycles. The van der Waals surface area contributed by atoms with Gasteiger partial charge < -0.3 is 9.15 Å². The second-order valence-corrected chi connectivity index (χ2v) is 9.90. The molecular weight excluding hydrogens is 466 g/mol. The zero-order chi connectivity index (χ0) is 25.3. The zero-order valence-electron chi connectivity index (χ0n) is 19.9. The number of sulfonamides is 1. The lowest BCUT2D eigenvalue weighted by molar-refractivity contribution is 0.0526. The van der Waals surface area contributed by atoms with E-state index in [0.29, 0.717) is 22.3 Å². The third-order valence-electron chi connectivity index (χ3n) is 5.63. The van der Waals surface area contributed by atoms with E-state index in [1.54, 1.807) is 76.2 Å². The summed E-state index contributed by atoms with van der Waals surface area (Å²) in [4.78, 5) is 26.3. The van der Waals surface area contributed by atoms with Gasteiger partial charge in [0.1, 0.15) is 16.9 Å². The van der Waals surface area contributed by atoms with Crippen molar-refractivity contribution in [2.75, 3.05) is 10.9 Å². The Kier molecular flexibility index (Phi) is 6.49. The van der Waals surface area contributed by atoms with Crippen molar-refractivity contribution in [1.29, 1.82) is 0 Å². The third kappa shape index (κ3) is 4.44. The van der Waals surface area contributed by atoms with Gasteiger partial charge >= 0.3 is 5.97 Å². The van der Waals surface area contributed by atoms with Crippen molar-refractivity contribution >= 4 is 38.6 Å². The largest absolute Gasteiger partial charge is 0.462 e. The van der Waals surface area contributed by atoms with Gasteiger partial charge in [-0.25, -0.2) is 13.2 Å². The van der Waals surface area contributed by atoms with E-state index in [2.05, 4.69) is 0 Å². The van der Waals surface area contributed by atoms with E-state index < -0.39 is 21.9 Å². The third-order valence-corrected chi connectivity index (χ3v) is 7.48. The van der Waals surface area contributed by atoms with Gasteiger partial charge in [0.25, 0.3) is 15.9 Å². The molecule has 0 N–H and O–H groups in total. The van der Waals surface area contributed by atoms with Crippen molar-refractivity contribution in [2.45, 2.75) is 32.6 Å². The van der Waals surface area contributed by atoms with E-state index in [1.807, 2.05) is 6.07 Å². The van der Waals surface area contributed by atoms with Crippen LogP contribution in [0.4, 0.5) is 5.69 Å². The normalized spacial score (nSPS) is 11.4. The first-order valence-electron chi connectivity index (χ1n) is 11.1. The van der Waals surface area contributed by atoms with Gasteiger partial charge in [0.2, 0.25) is 0 Å². The van der Waals surface area contributed by atoms with Crippen LogP contribution in [0.1, 0.15) is 44.5 Å². The molecule has 35 heavy (non-hydrogen) atoms. The van der Waals surface area contributed by atoms with Crippen LogP contribution in [-0.2, 0) is 14.8 Å². The summed E-state index contributed by atoms with van der Waals surface area (Å²) in [5.74, 6) is -0.961. The molecule has 7 nitrogen and oxygen atoms in total. The van der Waals surface area contributed by atoms with Gasteiger partial charge in [-0.15, -0.1) is 0 Å². The smallest absolute Gasteiger partial charge is 0.342 e. The Morgan fingerprint density at radius 2 is 1.66 bits per heavy atom. The van der Waals surface area contributed by atoms with Crippen LogP contribution >= 0.6 is 0 Å². The van der Waals surface area contributed by atoms with Crippen molar-refractivity contribution in [1.82, 2.24) is 0 Å². The maximum Gasteiger partial charge on any atom is 0.342 e. The van der Waals surface area contributed by atoms with Gasteiger partial charge in [-0.2, -0.15) is 4.31 Å². The Morgan fingerprint density at radius 1 is 0.943 bits per heavy atom. The van der Waals surface area contributed by atoms with Gasteiger partial charge in [-0.1, -0.05) is 30.3 Å². The topological polar surface area (TPSA) is 93.9 Å². The average Bonchev–Trinajstić information content (AvgIpc) is 3.16. The number of carbonyl (C=O) groups excluding carboxylic acids is 2. The highest BCUT2D eigenvalue weighted by Gasteiger charge is 2.34. The average molecular weight is 492 g/mol. The van der Waals surface area contributed by atoms with Crippen LogP contribution in [0, 0.1) is 20.8 Å². The highest BCUT2D eigenvalue weighted by atomic mass is 32.2. The van der Waals surface area contributed by atoms with Crippen molar-refractivity contribution in [3.63, 3.8) is 0 Å². The zero-order valence-corrected chi connectivity index (χ0v) is 20.7. The van der Waals surface area contributed by atoms with E-state index in [1.165, 1.54) is 12.1 Å². The molecule has 3 aromatic carbocycles. The van der Waals surface area contributed by atoms with Crippen molar-refractivity contribution < 1.29 is 27.2 Å². The number of anilines is 1. The quantitative estimate of drug-likeness (QED) is 0.327. The van der Waals surface area contributed by atoms with Crippen molar-refractivity contribution in [3.8, 4) is 0 Å². The van der Waals surface area contributed by atoms with Gasteiger partial charge in [-0.3, -0.25) is 4.79 Å². The summed E-state index contributed by atoms with van der Waals surface area (Å²) in [7, 11) is -4.32. The first-order chi connectivity index (χ1) is 16.6. The standard InChI is InChI=1S/C27H25NO6S/c1-5-33-27(30)25-19(4)34-23-14-13-21(16-22(23)25)28(26(29)20-9-7-6-8-10-20)35(31,32)24-15-17(2)11-12-18(24)3/h6-16H,5H2,1-4H3. The number of esters is 1. The van der Waals surface area contributed by atoms with Crippen LogP contribution in [0.25, 0.3) is 11.0 Å². The van der Waals surface area contributed by atoms with Gasteiger partial charge in [0.05, 0.1) is 17.2 Å². The molecule has 0 spiro atoms. The highest BCUT2D eigenvalue weighted by molar-refractivity contribution is 7.93. The summed E-state index contributed by atoms with van der Waals surface area (Å²) >= 11 is 0. The Hall–Kier alpha value is -3.91. The molecule has 0 fully saturated rings. The van der Waals surface area contributed by atoms with Gasteiger partial charge in [0, 0.05) is 10.9 Å². The number of fused-ring (bicyclic) bond motifs is 1. The van der Waals surface area contributed by atoms with Crippen molar-refractivity contribution in [2.24, 2.45) is 0 Å². The molecule has 0 saturated heterocycles. The van der Waals surface area contributed by atoms with E-state index >= 15 is 0 Å². The second kappa shape index (κ2) is 9.38. The monoisotopic (exact) mass is 491 g/mol. The second-order valence-electron chi connectivity index (χ2n) is 8.14. The minimum absolute atomic E-state index is 0.0240. The first-order valence-corrected chi connectivity index (χ1v) is 12.5. The molecule has 180 valence electrons. The number of carbonyl (C=O) groups is 2. The molecule has 0 saturated carbocycles. The van der Waals surface area contributed by atoms with Crippen LogP contribution in [0.15, 0.2) is 76.0 Å². The Bertz CT molecular complexity index is 1540. The minimum atomic E-state index is -4.32. The van der Waals surface area contributed by atoms with Crippen LogP contribution in [0.5, 0.6) is 0 Å². The number of nitrogens with zero attached hydrogens (tertiary/aromatic N) is 1. The fourth-order valence-electron chi connectivity index (χ4n) is 3.94. The highest BCUT2D eigenvalue weighted by Crippen LogP contribution is 2.34. The van der Waals surface area contributed by atoms with Crippen LogP contribution < -0.4 is 4.31 Å². The lowest BCUT2D eigenvalue weighted by atomic mass is 10.1. The van der Waals surface area contributed by atoms with E-state index in [4.69, 9.17) is 9.15 Å². The predicted octanol–water partition coefficient (Wildman–Crippen LogP) is 5.57. The maximum absolute atomic E-state index is 14.0. The molecule has 0 bridgehead atoms. The molecule has 0 atom stereocenters. The summed E-state index contributed by atoms with van der Waals surface area (Å²) in [6.07, 6.45) is 0. The van der Waals surface area contributed by atoms with Crippen LogP contribution in [-0.4, -0.2) is 26.9 Å². The molecule has 1 heterocycles. The number of hydrogen-bond donors (Lipinski definition) is 0. The molecule has 4 aromatic rings. The number of aryl methyl sites for hydroxylation is 3. The molecule has 4 rings (SSSR count). The predicted molar refractivity (Wildman–Crippen MR) is 133 cm³/mol. The summed E-state index contributed by atoms with van der Waals surface area (Å²) in [6, 6.07) is 17.7. The Morgan fingerprint density at radius 3 is 2.34 bits per heavy atom. The SMILES string of the molecule is CCOC(=O)c1c(C)oc2ccc(N(C(=O)c3ccccc3)S(=O)(=O)c3cc(C)ccc3C)cc12. The molecule has 1 amide bonds. The minimum Gasteiger partial charge on any atom is -0.462 e. The summed E-state index contributed by atoms with van der Waals surface area (Å²) in [5.41, 5.74) is 2.11. The summed E-state index contributed by atoms with van der Waals surface area (Å²) in [6.45, 7) is 6.96. The fraction of sp³-hybridized carbons (Fsp3) is 0.185. The lowest BCUT2D eigenvalue weighted by Crippen LogP contribution is -2.37.